The lowest BCUT2D eigenvalue weighted by Crippen LogP contribution is -2.12. The van der Waals surface area contributed by atoms with Crippen LogP contribution < -0.4 is 5.43 Å². The fourth-order valence-electron chi connectivity index (χ4n) is 1.78. The summed E-state index contributed by atoms with van der Waals surface area (Å²) in [5, 5.41) is 0.666. The molecule has 0 N–H and O–H groups in total. The van der Waals surface area contributed by atoms with Gasteiger partial charge in [-0.3, -0.25) is 4.79 Å². The van der Waals surface area contributed by atoms with E-state index in [1.807, 2.05) is 32.3 Å². The Labute approximate surface area is 94.3 Å². The van der Waals surface area contributed by atoms with E-state index in [9.17, 15) is 4.79 Å². The molecule has 0 atom stereocenters. The SMILES string of the molecule is Cc1coc2c(CN(C)C)cccc2c1=O. The molecule has 1 aromatic heterocycles. The molecular weight excluding hydrogens is 202 g/mol. The third-order valence-corrected chi connectivity index (χ3v) is 2.54. The van der Waals surface area contributed by atoms with Gasteiger partial charge in [0.2, 0.25) is 0 Å². The molecule has 0 aliphatic rings. The lowest BCUT2D eigenvalue weighted by Gasteiger charge is -2.11. The van der Waals surface area contributed by atoms with Crippen LogP contribution in [0.25, 0.3) is 11.0 Å². The summed E-state index contributed by atoms with van der Waals surface area (Å²) in [6.45, 7) is 2.53. The van der Waals surface area contributed by atoms with Crippen molar-refractivity contribution in [1.29, 1.82) is 0 Å². The van der Waals surface area contributed by atoms with Gasteiger partial charge in [0, 0.05) is 17.7 Å². The molecule has 2 aromatic rings. The highest BCUT2D eigenvalue weighted by Crippen LogP contribution is 2.17. The number of aryl methyl sites for hydroxylation is 1. The number of fused-ring (bicyclic) bond motifs is 1. The van der Waals surface area contributed by atoms with Crippen molar-refractivity contribution in [3.63, 3.8) is 0 Å². The maximum atomic E-state index is 11.9. The maximum absolute atomic E-state index is 11.9. The molecule has 0 aliphatic heterocycles. The highest BCUT2D eigenvalue weighted by Gasteiger charge is 2.08. The van der Waals surface area contributed by atoms with Gasteiger partial charge in [0.05, 0.1) is 11.6 Å². The smallest absolute Gasteiger partial charge is 0.195 e. The molecule has 0 amide bonds. The van der Waals surface area contributed by atoms with Gasteiger partial charge in [-0.15, -0.1) is 0 Å². The van der Waals surface area contributed by atoms with Crippen LogP contribution in [-0.2, 0) is 6.54 Å². The zero-order valence-corrected chi connectivity index (χ0v) is 9.78. The number of hydrogen-bond donors (Lipinski definition) is 0. The summed E-state index contributed by atoms with van der Waals surface area (Å²) in [6.07, 6.45) is 1.53. The molecule has 84 valence electrons. The van der Waals surface area contributed by atoms with Crippen molar-refractivity contribution in [2.24, 2.45) is 0 Å². The molecule has 0 bridgehead atoms. The maximum Gasteiger partial charge on any atom is 0.195 e. The van der Waals surface area contributed by atoms with E-state index in [2.05, 4.69) is 4.90 Å². The first kappa shape index (κ1) is 10.9. The van der Waals surface area contributed by atoms with Crippen molar-refractivity contribution in [3.8, 4) is 0 Å². The zero-order chi connectivity index (χ0) is 11.7. The summed E-state index contributed by atoms with van der Waals surface area (Å²) < 4.78 is 5.53. The van der Waals surface area contributed by atoms with E-state index in [4.69, 9.17) is 4.42 Å². The van der Waals surface area contributed by atoms with Gasteiger partial charge >= 0.3 is 0 Å². The molecule has 0 saturated heterocycles. The average molecular weight is 217 g/mol. The van der Waals surface area contributed by atoms with Gasteiger partial charge in [-0.25, -0.2) is 0 Å². The largest absolute Gasteiger partial charge is 0.463 e. The van der Waals surface area contributed by atoms with Gasteiger partial charge in [0.1, 0.15) is 5.58 Å². The van der Waals surface area contributed by atoms with Crippen molar-refractivity contribution in [2.45, 2.75) is 13.5 Å². The molecule has 0 spiro atoms. The van der Waals surface area contributed by atoms with Crippen LogP contribution >= 0.6 is 0 Å². The molecule has 0 fully saturated rings. The second-order valence-electron chi connectivity index (χ2n) is 4.28. The highest BCUT2D eigenvalue weighted by atomic mass is 16.3. The predicted octanol–water partition coefficient (Wildman–Crippen LogP) is 2.16. The molecule has 1 heterocycles. The number of hydrogen-bond acceptors (Lipinski definition) is 3. The van der Waals surface area contributed by atoms with Crippen LogP contribution in [0, 0.1) is 6.92 Å². The molecule has 3 heteroatoms. The average Bonchev–Trinajstić information content (AvgIpc) is 2.23. The first-order chi connectivity index (χ1) is 7.59. The van der Waals surface area contributed by atoms with Gasteiger partial charge in [-0.2, -0.15) is 0 Å². The Morgan fingerprint density at radius 1 is 1.31 bits per heavy atom. The zero-order valence-electron chi connectivity index (χ0n) is 9.78. The number of nitrogens with zero attached hydrogens (tertiary/aromatic N) is 1. The van der Waals surface area contributed by atoms with Gasteiger partial charge in [-0.1, -0.05) is 12.1 Å². The van der Waals surface area contributed by atoms with Crippen molar-refractivity contribution in [3.05, 3.63) is 45.8 Å². The topological polar surface area (TPSA) is 33.5 Å². The van der Waals surface area contributed by atoms with Crippen molar-refractivity contribution in [1.82, 2.24) is 4.90 Å². The van der Waals surface area contributed by atoms with Crippen molar-refractivity contribution >= 4 is 11.0 Å². The Morgan fingerprint density at radius 2 is 2.06 bits per heavy atom. The fraction of sp³-hybridized carbons (Fsp3) is 0.308. The Morgan fingerprint density at radius 3 is 2.75 bits per heavy atom. The molecule has 0 aliphatic carbocycles. The lowest BCUT2D eigenvalue weighted by molar-refractivity contribution is 0.401. The van der Waals surface area contributed by atoms with Crippen LogP contribution in [0.1, 0.15) is 11.1 Å². The standard InChI is InChI=1S/C13H15NO2/c1-9-8-16-13-10(7-14(2)3)5-4-6-11(13)12(9)15/h4-6,8H,7H2,1-3H3. The highest BCUT2D eigenvalue weighted by molar-refractivity contribution is 5.80. The number of para-hydroxylation sites is 1. The van der Waals surface area contributed by atoms with Crippen LogP contribution in [0.5, 0.6) is 0 Å². The summed E-state index contributed by atoms with van der Waals surface area (Å²) in [5.74, 6) is 0. The minimum absolute atomic E-state index is 0.0573. The predicted molar refractivity (Wildman–Crippen MR) is 64.6 cm³/mol. The second-order valence-corrected chi connectivity index (χ2v) is 4.28. The quantitative estimate of drug-likeness (QED) is 0.773. The molecule has 1 aromatic carbocycles. The third-order valence-electron chi connectivity index (χ3n) is 2.54. The van der Waals surface area contributed by atoms with Crippen LogP contribution in [-0.4, -0.2) is 19.0 Å². The molecule has 2 rings (SSSR count). The Balaban J connectivity index is 2.70. The first-order valence-electron chi connectivity index (χ1n) is 5.24. The number of benzene rings is 1. The summed E-state index contributed by atoms with van der Waals surface area (Å²) in [4.78, 5) is 13.9. The number of rotatable bonds is 2. The summed E-state index contributed by atoms with van der Waals surface area (Å²) in [7, 11) is 3.98. The summed E-state index contributed by atoms with van der Waals surface area (Å²) >= 11 is 0. The monoisotopic (exact) mass is 217 g/mol. The van der Waals surface area contributed by atoms with E-state index in [0.717, 1.165) is 12.1 Å². The lowest BCUT2D eigenvalue weighted by atomic mass is 10.1. The molecular formula is C13H15NO2. The van der Waals surface area contributed by atoms with Crippen molar-refractivity contribution < 1.29 is 4.42 Å². The van der Waals surface area contributed by atoms with Crippen LogP contribution in [0.2, 0.25) is 0 Å². The van der Waals surface area contributed by atoms with Gasteiger partial charge in [0.25, 0.3) is 0 Å². The molecule has 0 radical (unpaired) electrons. The molecule has 0 saturated carbocycles. The summed E-state index contributed by atoms with van der Waals surface area (Å²) in [5.41, 5.74) is 2.45. The Hall–Kier alpha value is -1.61. The summed E-state index contributed by atoms with van der Waals surface area (Å²) in [6, 6.07) is 5.70. The van der Waals surface area contributed by atoms with E-state index in [1.165, 1.54) is 6.26 Å². The third kappa shape index (κ3) is 1.86. The van der Waals surface area contributed by atoms with E-state index >= 15 is 0 Å². The van der Waals surface area contributed by atoms with Crippen LogP contribution in [0.3, 0.4) is 0 Å². The second kappa shape index (κ2) is 4.10. The van der Waals surface area contributed by atoms with Crippen LogP contribution in [0.4, 0.5) is 0 Å². The fourth-order valence-corrected chi connectivity index (χ4v) is 1.78. The van der Waals surface area contributed by atoms with E-state index in [0.29, 0.717) is 16.5 Å². The van der Waals surface area contributed by atoms with Gasteiger partial charge in [0.15, 0.2) is 5.43 Å². The Bertz CT molecular complexity index is 570. The normalized spacial score (nSPS) is 11.2. The minimum atomic E-state index is 0.0573. The van der Waals surface area contributed by atoms with Crippen LogP contribution in [0.15, 0.2) is 33.7 Å². The molecule has 16 heavy (non-hydrogen) atoms. The molecule has 0 unspecified atom stereocenters. The minimum Gasteiger partial charge on any atom is -0.463 e. The van der Waals surface area contributed by atoms with E-state index in [1.54, 1.807) is 6.92 Å². The first-order valence-corrected chi connectivity index (χ1v) is 5.24. The van der Waals surface area contributed by atoms with Gasteiger partial charge < -0.3 is 9.32 Å². The van der Waals surface area contributed by atoms with Gasteiger partial charge in [-0.05, 0) is 27.1 Å². The van der Waals surface area contributed by atoms with E-state index < -0.39 is 0 Å². The van der Waals surface area contributed by atoms with E-state index in [-0.39, 0.29) is 5.43 Å². The molecule has 3 nitrogen and oxygen atoms in total. The Kier molecular flexibility index (Phi) is 2.79. The van der Waals surface area contributed by atoms with Crippen molar-refractivity contribution in [2.75, 3.05) is 14.1 Å².